The molecule has 1 aromatic rings. The van der Waals surface area contributed by atoms with Crippen LogP contribution in [-0.4, -0.2) is 41.3 Å². The van der Waals surface area contributed by atoms with Crippen molar-refractivity contribution in [2.24, 2.45) is 0 Å². The number of methoxy groups -OCH3 is 1. The summed E-state index contributed by atoms with van der Waals surface area (Å²) < 4.78 is 17.6. The van der Waals surface area contributed by atoms with Gasteiger partial charge in [0.25, 0.3) is 0 Å². The molecular formula is C17H23BClNO4S. The van der Waals surface area contributed by atoms with Crippen molar-refractivity contribution in [2.45, 2.75) is 45.8 Å². The molecule has 0 radical (unpaired) electrons. The summed E-state index contributed by atoms with van der Waals surface area (Å²) >= 11 is 7.27. The van der Waals surface area contributed by atoms with Gasteiger partial charge in [-0.15, -0.1) is 0 Å². The van der Waals surface area contributed by atoms with Gasteiger partial charge in [-0.2, -0.15) is 0 Å². The highest BCUT2D eigenvalue weighted by Gasteiger charge is 2.52. The minimum absolute atomic E-state index is 0.0265. The molecule has 25 heavy (non-hydrogen) atoms. The first-order chi connectivity index (χ1) is 11.6. The first-order valence-electron chi connectivity index (χ1n) is 7.95. The van der Waals surface area contributed by atoms with E-state index in [4.69, 9.17) is 25.6 Å². The van der Waals surface area contributed by atoms with Crippen molar-refractivity contribution in [3.63, 3.8) is 0 Å². The molecule has 0 aromatic carbocycles. The number of hydrogen-bond donors (Lipinski definition) is 0. The molecule has 1 saturated heterocycles. The van der Waals surface area contributed by atoms with Gasteiger partial charge in [-0.1, -0.05) is 29.4 Å². The van der Waals surface area contributed by atoms with Crippen LogP contribution >= 0.6 is 23.4 Å². The lowest BCUT2D eigenvalue weighted by Crippen LogP contribution is -2.41. The zero-order valence-corrected chi connectivity index (χ0v) is 17.0. The maximum atomic E-state index is 11.4. The van der Waals surface area contributed by atoms with Crippen molar-refractivity contribution in [3.05, 3.63) is 28.3 Å². The Balaban J connectivity index is 2.40. The van der Waals surface area contributed by atoms with E-state index in [-0.39, 0.29) is 5.12 Å². The fraction of sp³-hybridized carbons (Fsp3) is 0.529. The molecule has 0 atom stereocenters. The third kappa shape index (κ3) is 4.79. The maximum Gasteiger partial charge on any atom is 0.491 e. The number of pyridine rings is 1. The number of halogens is 1. The lowest BCUT2D eigenvalue weighted by molar-refractivity contribution is -0.109. The van der Waals surface area contributed by atoms with Crippen LogP contribution in [0.1, 0.15) is 40.2 Å². The van der Waals surface area contributed by atoms with Gasteiger partial charge >= 0.3 is 7.12 Å². The van der Waals surface area contributed by atoms with E-state index in [1.807, 2.05) is 33.8 Å². The van der Waals surface area contributed by atoms with Crippen LogP contribution in [0.4, 0.5) is 0 Å². The van der Waals surface area contributed by atoms with Gasteiger partial charge in [-0.05, 0) is 39.2 Å². The Kier molecular flexibility index (Phi) is 6.25. The maximum absolute atomic E-state index is 11.4. The third-order valence-corrected chi connectivity index (χ3v) is 5.47. The topological polar surface area (TPSA) is 57.7 Å². The molecule has 1 aliphatic rings. The van der Waals surface area contributed by atoms with Gasteiger partial charge in [-0.3, -0.25) is 4.79 Å². The molecule has 0 amide bonds. The summed E-state index contributed by atoms with van der Waals surface area (Å²) in [5.41, 5.74) is 0.605. The van der Waals surface area contributed by atoms with E-state index in [1.54, 1.807) is 13.2 Å². The Morgan fingerprint density at radius 3 is 2.48 bits per heavy atom. The Morgan fingerprint density at radius 1 is 1.36 bits per heavy atom. The summed E-state index contributed by atoms with van der Waals surface area (Å²) in [6, 6.07) is 1.76. The summed E-state index contributed by atoms with van der Waals surface area (Å²) in [4.78, 5) is 15.6. The summed E-state index contributed by atoms with van der Waals surface area (Å²) in [6.45, 7) is 9.50. The molecule has 1 fully saturated rings. The van der Waals surface area contributed by atoms with Gasteiger partial charge in [0.05, 0.1) is 23.3 Å². The van der Waals surface area contributed by atoms with Gasteiger partial charge in [-0.25, -0.2) is 4.98 Å². The first kappa shape index (κ1) is 20.3. The highest BCUT2D eigenvalue weighted by molar-refractivity contribution is 8.13. The van der Waals surface area contributed by atoms with Crippen LogP contribution < -0.4 is 4.74 Å². The molecular weight excluding hydrogens is 361 g/mol. The van der Waals surface area contributed by atoms with Crippen LogP contribution in [0.2, 0.25) is 5.02 Å². The molecule has 1 aliphatic heterocycles. The Bertz CT molecular complexity index is 677. The predicted octanol–water partition coefficient (Wildman–Crippen LogP) is 4.04. The number of nitrogens with zero attached hydrogens (tertiary/aromatic N) is 1. The van der Waals surface area contributed by atoms with Crippen molar-refractivity contribution in [2.75, 3.05) is 12.9 Å². The molecule has 0 aliphatic carbocycles. The van der Waals surface area contributed by atoms with E-state index in [0.29, 0.717) is 22.2 Å². The molecule has 0 N–H and O–H groups in total. The molecule has 2 heterocycles. The molecule has 0 bridgehead atoms. The summed E-state index contributed by atoms with van der Waals surface area (Å²) in [5.74, 6) is 0.896. The zero-order chi connectivity index (χ0) is 18.8. The average molecular weight is 384 g/mol. The normalized spacial score (nSPS) is 19.2. The van der Waals surface area contributed by atoms with E-state index in [9.17, 15) is 4.79 Å². The van der Waals surface area contributed by atoms with Crippen LogP contribution in [0.25, 0.3) is 6.08 Å². The fourth-order valence-corrected chi connectivity index (χ4v) is 3.03. The average Bonchev–Trinajstić information content (AvgIpc) is 2.71. The fourth-order valence-electron chi connectivity index (χ4n) is 2.27. The second-order valence-electron chi connectivity index (χ2n) is 6.84. The largest absolute Gasteiger partial charge is 0.491 e. The Hall–Kier alpha value is -1.02. The number of ether oxygens (including phenoxy) is 1. The van der Waals surface area contributed by atoms with E-state index in [1.165, 1.54) is 24.9 Å². The van der Waals surface area contributed by atoms with Crippen molar-refractivity contribution in [1.82, 2.24) is 4.98 Å². The monoisotopic (exact) mass is 383 g/mol. The van der Waals surface area contributed by atoms with Gasteiger partial charge in [0.15, 0.2) is 5.12 Å². The van der Waals surface area contributed by atoms with E-state index >= 15 is 0 Å². The number of rotatable bonds is 5. The van der Waals surface area contributed by atoms with Crippen molar-refractivity contribution in [3.8, 4) is 5.88 Å². The minimum Gasteiger partial charge on any atom is -0.481 e. The van der Waals surface area contributed by atoms with Crippen LogP contribution in [-0.2, 0) is 14.1 Å². The third-order valence-electron chi connectivity index (χ3n) is 4.38. The molecule has 2 rings (SSSR count). The molecule has 8 heteroatoms. The van der Waals surface area contributed by atoms with E-state index in [0.717, 1.165) is 5.47 Å². The Labute approximate surface area is 158 Å². The van der Waals surface area contributed by atoms with Gasteiger partial charge in [0.1, 0.15) is 0 Å². The second kappa shape index (κ2) is 7.70. The molecule has 0 spiro atoms. The predicted molar refractivity (Wildman–Crippen MR) is 103 cm³/mol. The smallest absolute Gasteiger partial charge is 0.481 e. The number of hydrogen-bond acceptors (Lipinski definition) is 6. The number of aromatic nitrogens is 1. The van der Waals surface area contributed by atoms with Gasteiger partial charge in [0, 0.05) is 24.4 Å². The highest BCUT2D eigenvalue weighted by Crippen LogP contribution is 2.39. The number of thioether (sulfide) groups is 1. The quantitative estimate of drug-likeness (QED) is 0.715. The van der Waals surface area contributed by atoms with Crippen molar-refractivity contribution < 1.29 is 18.8 Å². The summed E-state index contributed by atoms with van der Waals surface area (Å²) in [6.07, 6.45) is 3.40. The number of carbonyl (C=O) groups excluding carboxylic acids is 1. The molecule has 1 aromatic heterocycles. The minimum atomic E-state index is -0.555. The Morgan fingerprint density at radius 2 is 1.96 bits per heavy atom. The van der Waals surface area contributed by atoms with Gasteiger partial charge in [0.2, 0.25) is 5.88 Å². The zero-order valence-electron chi connectivity index (χ0n) is 15.4. The van der Waals surface area contributed by atoms with Crippen molar-refractivity contribution in [1.29, 1.82) is 0 Å². The van der Waals surface area contributed by atoms with Crippen LogP contribution in [0, 0.1) is 0 Å². The van der Waals surface area contributed by atoms with E-state index in [2.05, 4.69) is 4.98 Å². The SMILES string of the molecule is COc1ncc(Cl)cc1C=C(CSC(C)=O)B1OC(C)(C)C(C)(C)O1. The molecule has 136 valence electrons. The standard InChI is InChI=1S/C17H23BClNO4S/c1-11(21)25-10-13(18-23-16(2,3)17(4,5)24-18)7-12-8-14(19)9-20-15(12)22-6/h7-9H,10H2,1-6H3. The van der Waals surface area contributed by atoms with Crippen LogP contribution in [0.15, 0.2) is 17.7 Å². The summed E-state index contributed by atoms with van der Waals surface area (Å²) in [5, 5.41) is 0.526. The lowest BCUT2D eigenvalue weighted by Gasteiger charge is -2.32. The summed E-state index contributed by atoms with van der Waals surface area (Å²) in [7, 11) is 0.993. The molecule has 5 nitrogen and oxygen atoms in total. The molecule has 0 unspecified atom stereocenters. The van der Waals surface area contributed by atoms with Crippen molar-refractivity contribution >= 4 is 41.7 Å². The van der Waals surface area contributed by atoms with Crippen LogP contribution in [0.3, 0.4) is 0 Å². The van der Waals surface area contributed by atoms with Gasteiger partial charge < -0.3 is 14.0 Å². The molecule has 0 saturated carbocycles. The van der Waals surface area contributed by atoms with E-state index < -0.39 is 18.3 Å². The number of carbonyl (C=O) groups is 1. The highest BCUT2D eigenvalue weighted by atomic mass is 35.5. The van der Waals surface area contributed by atoms with Crippen LogP contribution in [0.5, 0.6) is 5.88 Å². The first-order valence-corrected chi connectivity index (χ1v) is 9.31. The second-order valence-corrected chi connectivity index (χ2v) is 8.43. The lowest BCUT2D eigenvalue weighted by atomic mass is 9.78.